The van der Waals surface area contributed by atoms with Gasteiger partial charge in [-0.15, -0.1) is 11.6 Å². The molecular formula is C16H12ClN3. The van der Waals surface area contributed by atoms with Gasteiger partial charge in [-0.2, -0.15) is 0 Å². The third-order valence-electron chi connectivity index (χ3n) is 3.03. The van der Waals surface area contributed by atoms with Crippen molar-refractivity contribution in [2.45, 2.75) is 5.88 Å². The molecule has 0 spiro atoms. The molecule has 3 heterocycles. The zero-order valence-corrected chi connectivity index (χ0v) is 11.5. The molecule has 0 bridgehead atoms. The minimum atomic E-state index is 0.398. The van der Waals surface area contributed by atoms with Gasteiger partial charge in [0.25, 0.3) is 0 Å². The SMILES string of the molecule is ClCc1ccc(-c2ccncc2)c(-c2ccncc2)n1. The van der Waals surface area contributed by atoms with Gasteiger partial charge in [-0.3, -0.25) is 15.0 Å². The van der Waals surface area contributed by atoms with Crippen molar-refractivity contribution in [3.8, 4) is 22.4 Å². The Kier molecular flexibility index (Phi) is 3.70. The Balaban J connectivity index is 2.20. The highest BCUT2D eigenvalue weighted by molar-refractivity contribution is 6.16. The van der Waals surface area contributed by atoms with Gasteiger partial charge in [0, 0.05) is 35.9 Å². The van der Waals surface area contributed by atoms with Crippen LogP contribution in [0, 0.1) is 0 Å². The van der Waals surface area contributed by atoms with E-state index in [4.69, 9.17) is 11.6 Å². The molecule has 20 heavy (non-hydrogen) atoms. The number of rotatable bonds is 3. The Morgan fingerprint density at radius 2 is 1.35 bits per heavy atom. The highest BCUT2D eigenvalue weighted by Crippen LogP contribution is 2.30. The van der Waals surface area contributed by atoms with Crippen LogP contribution >= 0.6 is 11.6 Å². The van der Waals surface area contributed by atoms with Crippen LogP contribution in [0.5, 0.6) is 0 Å². The minimum Gasteiger partial charge on any atom is -0.265 e. The van der Waals surface area contributed by atoms with Crippen LogP contribution in [-0.4, -0.2) is 15.0 Å². The van der Waals surface area contributed by atoms with Crippen LogP contribution < -0.4 is 0 Å². The Morgan fingerprint density at radius 1 is 0.750 bits per heavy atom. The van der Waals surface area contributed by atoms with Crippen molar-refractivity contribution in [2.75, 3.05) is 0 Å². The highest BCUT2D eigenvalue weighted by atomic mass is 35.5. The van der Waals surface area contributed by atoms with Crippen molar-refractivity contribution in [2.24, 2.45) is 0 Å². The predicted octanol–water partition coefficient (Wildman–Crippen LogP) is 3.94. The van der Waals surface area contributed by atoms with E-state index in [1.54, 1.807) is 24.8 Å². The molecule has 0 radical (unpaired) electrons. The first-order valence-corrected chi connectivity index (χ1v) is 6.78. The van der Waals surface area contributed by atoms with E-state index in [0.29, 0.717) is 5.88 Å². The number of hydrogen-bond donors (Lipinski definition) is 0. The molecule has 0 aromatic carbocycles. The molecule has 0 aliphatic heterocycles. The van der Waals surface area contributed by atoms with E-state index in [9.17, 15) is 0 Å². The van der Waals surface area contributed by atoms with Crippen LogP contribution in [0.2, 0.25) is 0 Å². The number of halogens is 1. The summed E-state index contributed by atoms with van der Waals surface area (Å²) in [5, 5.41) is 0. The van der Waals surface area contributed by atoms with Gasteiger partial charge in [-0.05, 0) is 35.9 Å². The Labute approximate surface area is 122 Å². The maximum Gasteiger partial charge on any atom is 0.0785 e. The summed E-state index contributed by atoms with van der Waals surface area (Å²) in [5.41, 5.74) is 4.94. The van der Waals surface area contributed by atoms with Crippen LogP contribution in [0.3, 0.4) is 0 Å². The van der Waals surface area contributed by atoms with Crippen LogP contribution in [0.1, 0.15) is 5.69 Å². The fraction of sp³-hybridized carbons (Fsp3) is 0.0625. The average Bonchev–Trinajstić information content (AvgIpc) is 2.56. The van der Waals surface area contributed by atoms with E-state index in [2.05, 4.69) is 21.0 Å². The second-order valence-electron chi connectivity index (χ2n) is 4.30. The first-order valence-electron chi connectivity index (χ1n) is 6.25. The first-order chi connectivity index (χ1) is 9.88. The van der Waals surface area contributed by atoms with Crippen LogP contribution in [0.25, 0.3) is 22.4 Å². The minimum absolute atomic E-state index is 0.398. The highest BCUT2D eigenvalue weighted by Gasteiger charge is 2.10. The van der Waals surface area contributed by atoms with Gasteiger partial charge < -0.3 is 0 Å². The van der Waals surface area contributed by atoms with E-state index in [1.807, 2.05) is 30.3 Å². The standard InChI is InChI=1S/C16H12ClN3/c17-11-14-1-2-15(12-3-7-18-8-4-12)16(20-14)13-5-9-19-10-6-13/h1-10H,11H2. The number of hydrogen-bond acceptors (Lipinski definition) is 3. The molecule has 0 aliphatic carbocycles. The summed E-state index contributed by atoms with van der Waals surface area (Å²) in [6.07, 6.45) is 7.09. The Morgan fingerprint density at radius 3 is 1.95 bits per heavy atom. The van der Waals surface area contributed by atoms with Crippen LogP contribution in [0.4, 0.5) is 0 Å². The molecule has 3 nitrogen and oxygen atoms in total. The normalized spacial score (nSPS) is 10.4. The van der Waals surface area contributed by atoms with Crippen molar-refractivity contribution in [3.63, 3.8) is 0 Å². The molecule has 0 saturated heterocycles. The van der Waals surface area contributed by atoms with Gasteiger partial charge in [0.1, 0.15) is 0 Å². The quantitative estimate of drug-likeness (QED) is 0.683. The summed E-state index contributed by atoms with van der Waals surface area (Å²) >= 11 is 5.90. The molecule has 3 rings (SSSR count). The van der Waals surface area contributed by atoms with Gasteiger partial charge in [-0.25, -0.2) is 0 Å². The van der Waals surface area contributed by atoms with Gasteiger partial charge in [0.15, 0.2) is 0 Å². The fourth-order valence-corrected chi connectivity index (χ4v) is 2.22. The second kappa shape index (κ2) is 5.80. The summed E-state index contributed by atoms with van der Waals surface area (Å²) in [7, 11) is 0. The molecule has 0 aliphatic rings. The van der Waals surface area contributed by atoms with Crippen molar-refractivity contribution in [3.05, 3.63) is 66.9 Å². The molecule has 0 atom stereocenters. The molecule has 3 aromatic rings. The summed E-state index contributed by atoms with van der Waals surface area (Å²) in [6.45, 7) is 0. The van der Waals surface area contributed by atoms with E-state index in [-0.39, 0.29) is 0 Å². The Bertz CT molecular complexity index is 699. The molecular weight excluding hydrogens is 270 g/mol. The van der Waals surface area contributed by atoms with Gasteiger partial charge >= 0.3 is 0 Å². The van der Waals surface area contributed by atoms with Gasteiger partial charge in [-0.1, -0.05) is 6.07 Å². The molecule has 0 saturated carbocycles. The van der Waals surface area contributed by atoms with Crippen molar-refractivity contribution >= 4 is 11.6 Å². The monoisotopic (exact) mass is 281 g/mol. The zero-order chi connectivity index (χ0) is 13.8. The first kappa shape index (κ1) is 12.8. The predicted molar refractivity (Wildman–Crippen MR) is 80.3 cm³/mol. The number of nitrogens with zero attached hydrogens (tertiary/aromatic N) is 3. The smallest absolute Gasteiger partial charge is 0.0785 e. The third-order valence-corrected chi connectivity index (χ3v) is 3.31. The molecule has 0 amide bonds. The molecule has 0 N–H and O–H groups in total. The van der Waals surface area contributed by atoms with Crippen molar-refractivity contribution in [1.29, 1.82) is 0 Å². The maximum absolute atomic E-state index is 5.90. The fourth-order valence-electron chi connectivity index (χ4n) is 2.07. The van der Waals surface area contributed by atoms with E-state index in [1.165, 1.54) is 0 Å². The zero-order valence-electron chi connectivity index (χ0n) is 10.7. The maximum atomic E-state index is 5.90. The summed E-state index contributed by atoms with van der Waals surface area (Å²) < 4.78 is 0. The number of aromatic nitrogens is 3. The van der Waals surface area contributed by atoms with Crippen LogP contribution in [-0.2, 0) is 5.88 Å². The largest absolute Gasteiger partial charge is 0.265 e. The number of pyridine rings is 3. The molecule has 98 valence electrons. The molecule has 0 fully saturated rings. The van der Waals surface area contributed by atoms with Gasteiger partial charge in [0.05, 0.1) is 17.3 Å². The van der Waals surface area contributed by atoms with E-state index in [0.717, 1.165) is 28.1 Å². The van der Waals surface area contributed by atoms with Crippen molar-refractivity contribution in [1.82, 2.24) is 15.0 Å². The molecule has 0 unspecified atom stereocenters. The number of alkyl halides is 1. The summed E-state index contributed by atoms with van der Waals surface area (Å²) in [5.74, 6) is 0.398. The summed E-state index contributed by atoms with van der Waals surface area (Å²) in [4.78, 5) is 12.8. The third kappa shape index (κ3) is 2.53. The molecule has 4 heteroatoms. The summed E-state index contributed by atoms with van der Waals surface area (Å²) in [6, 6.07) is 11.9. The lowest BCUT2D eigenvalue weighted by Crippen LogP contribution is -1.94. The van der Waals surface area contributed by atoms with Crippen LogP contribution in [0.15, 0.2) is 61.2 Å². The lowest BCUT2D eigenvalue weighted by molar-refractivity contribution is 1.17. The lowest BCUT2D eigenvalue weighted by atomic mass is 10.0. The van der Waals surface area contributed by atoms with E-state index < -0.39 is 0 Å². The van der Waals surface area contributed by atoms with Gasteiger partial charge in [0.2, 0.25) is 0 Å². The van der Waals surface area contributed by atoms with Crippen molar-refractivity contribution < 1.29 is 0 Å². The van der Waals surface area contributed by atoms with E-state index >= 15 is 0 Å². The molecule has 3 aromatic heterocycles. The lowest BCUT2D eigenvalue weighted by Gasteiger charge is -2.10. The average molecular weight is 282 g/mol. The second-order valence-corrected chi connectivity index (χ2v) is 4.57. The topological polar surface area (TPSA) is 38.7 Å². The Hall–Kier alpha value is -2.26.